The molecule has 0 aliphatic heterocycles. The first-order valence-corrected chi connectivity index (χ1v) is 7.89. The van der Waals surface area contributed by atoms with Crippen molar-refractivity contribution in [3.8, 4) is 5.75 Å². The fourth-order valence-electron chi connectivity index (χ4n) is 1.88. The highest BCUT2D eigenvalue weighted by molar-refractivity contribution is 7.89. The third-order valence-corrected chi connectivity index (χ3v) is 4.08. The fourth-order valence-corrected chi connectivity index (χ4v) is 2.55. The van der Waals surface area contributed by atoms with Crippen LogP contribution >= 0.6 is 0 Å². The number of ether oxygens (including phenoxy) is 1. The molecule has 6 nitrogen and oxygen atoms in total. The maximum absolute atomic E-state index is 12.1. The normalized spacial score (nSPS) is 11.4. The van der Waals surface area contributed by atoms with Gasteiger partial charge in [0.25, 0.3) is 0 Å². The number of nitrogens with two attached hydrogens (primary N) is 1. The van der Waals surface area contributed by atoms with E-state index in [1.165, 1.54) is 25.3 Å². The summed E-state index contributed by atoms with van der Waals surface area (Å²) in [6.45, 7) is 3.81. The molecule has 0 aliphatic rings. The average Bonchev–Trinajstić information content (AvgIpc) is 2.38. The minimum atomic E-state index is -3.91. The zero-order chi connectivity index (χ0) is 15.3. The number of rotatable bonds is 6. The molecule has 0 fully saturated rings. The van der Waals surface area contributed by atoms with E-state index in [1.807, 2.05) is 13.8 Å². The second-order valence-corrected chi connectivity index (χ2v) is 5.94. The first kappa shape index (κ1) is 16.5. The number of carbonyl (C=O) groups excluding carboxylic acids is 1. The van der Waals surface area contributed by atoms with E-state index in [-0.39, 0.29) is 22.4 Å². The number of hydrogen-bond acceptors (Lipinski definition) is 4. The smallest absolute Gasteiger partial charge is 0.240 e. The molecule has 0 bridgehead atoms. The van der Waals surface area contributed by atoms with Crippen LogP contribution < -0.4 is 15.2 Å². The van der Waals surface area contributed by atoms with Gasteiger partial charge in [0.1, 0.15) is 10.6 Å². The number of sulfonamides is 1. The zero-order valence-corrected chi connectivity index (χ0v) is 12.7. The molecule has 0 radical (unpaired) electrons. The Morgan fingerprint density at radius 2 is 1.95 bits per heavy atom. The van der Waals surface area contributed by atoms with E-state index in [2.05, 4.69) is 5.32 Å². The van der Waals surface area contributed by atoms with Crippen LogP contribution in [0, 0.1) is 5.92 Å². The molecular weight excluding hydrogens is 280 g/mol. The molecule has 20 heavy (non-hydrogen) atoms. The average molecular weight is 300 g/mol. The summed E-state index contributed by atoms with van der Waals surface area (Å²) in [4.78, 5) is 11.9. The molecule has 0 spiro atoms. The van der Waals surface area contributed by atoms with Crippen molar-refractivity contribution in [1.29, 1.82) is 0 Å². The van der Waals surface area contributed by atoms with Crippen molar-refractivity contribution in [3.63, 3.8) is 0 Å². The molecule has 1 rings (SSSR count). The molecule has 1 aromatic rings. The highest BCUT2D eigenvalue weighted by atomic mass is 32.2. The number of benzene rings is 1. The van der Waals surface area contributed by atoms with E-state index >= 15 is 0 Å². The van der Waals surface area contributed by atoms with Crippen LogP contribution in [0.4, 0.5) is 5.69 Å². The molecular formula is C13H20N2O4S. The number of methoxy groups -OCH3 is 1. The van der Waals surface area contributed by atoms with Crippen LogP contribution in [0.15, 0.2) is 23.1 Å². The Balaban J connectivity index is 3.18. The largest absolute Gasteiger partial charge is 0.497 e. The topological polar surface area (TPSA) is 98.5 Å². The van der Waals surface area contributed by atoms with Crippen molar-refractivity contribution in [1.82, 2.24) is 0 Å². The van der Waals surface area contributed by atoms with E-state index in [1.54, 1.807) is 0 Å². The van der Waals surface area contributed by atoms with Gasteiger partial charge in [-0.15, -0.1) is 0 Å². The highest BCUT2D eigenvalue weighted by Crippen LogP contribution is 2.26. The maximum Gasteiger partial charge on any atom is 0.240 e. The third kappa shape index (κ3) is 3.94. The van der Waals surface area contributed by atoms with E-state index in [4.69, 9.17) is 9.88 Å². The standard InChI is InChI=1S/C13H20N2O4S/c1-4-9(5-2)13(16)15-11-8-10(19-3)6-7-12(11)20(14,17)18/h6-9H,4-5H2,1-3H3,(H,15,16)(H2,14,17,18). The van der Waals surface area contributed by atoms with Crippen LogP contribution in [0.5, 0.6) is 5.75 Å². The van der Waals surface area contributed by atoms with Gasteiger partial charge < -0.3 is 10.1 Å². The van der Waals surface area contributed by atoms with E-state index in [0.29, 0.717) is 18.6 Å². The molecule has 1 amide bonds. The quantitative estimate of drug-likeness (QED) is 0.835. The molecule has 1 aromatic carbocycles. The lowest BCUT2D eigenvalue weighted by Crippen LogP contribution is -2.24. The van der Waals surface area contributed by atoms with Gasteiger partial charge in [0.05, 0.1) is 12.8 Å². The summed E-state index contributed by atoms with van der Waals surface area (Å²) in [5.74, 6) is 0.0416. The summed E-state index contributed by atoms with van der Waals surface area (Å²) in [5.41, 5.74) is 0.142. The number of anilines is 1. The fraction of sp³-hybridized carbons (Fsp3) is 0.462. The Labute approximate surface area is 119 Å². The molecule has 0 saturated carbocycles. The molecule has 0 aromatic heterocycles. The summed E-state index contributed by atoms with van der Waals surface area (Å²) >= 11 is 0. The van der Waals surface area contributed by atoms with Gasteiger partial charge in [0.15, 0.2) is 0 Å². The Hall–Kier alpha value is -1.60. The summed E-state index contributed by atoms with van der Waals surface area (Å²) in [6, 6.07) is 4.24. The van der Waals surface area contributed by atoms with Crippen molar-refractivity contribution in [3.05, 3.63) is 18.2 Å². The van der Waals surface area contributed by atoms with Crippen molar-refractivity contribution in [2.75, 3.05) is 12.4 Å². The SMILES string of the molecule is CCC(CC)C(=O)Nc1cc(OC)ccc1S(N)(=O)=O. The van der Waals surface area contributed by atoms with Crippen molar-refractivity contribution < 1.29 is 17.9 Å². The first-order valence-electron chi connectivity index (χ1n) is 6.35. The van der Waals surface area contributed by atoms with Gasteiger partial charge in [-0.25, -0.2) is 13.6 Å². The highest BCUT2D eigenvalue weighted by Gasteiger charge is 2.20. The van der Waals surface area contributed by atoms with E-state index in [0.717, 1.165) is 0 Å². The number of nitrogens with one attached hydrogen (secondary N) is 1. The summed E-state index contributed by atoms with van der Waals surface area (Å²) < 4.78 is 28.1. The Kier molecular flexibility index (Phi) is 5.52. The van der Waals surface area contributed by atoms with Gasteiger partial charge in [0, 0.05) is 12.0 Å². The number of carbonyl (C=O) groups is 1. The lowest BCUT2D eigenvalue weighted by molar-refractivity contribution is -0.120. The second kappa shape index (κ2) is 6.71. The minimum Gasteiger partial charge on any atom is -0.497 e. The molecule has 112 valence electrons. The van der Waals surface area contributed by atoms with Gasteiger partial charge in [-0.1, -0.05) is 13.8 Å². The van der Waals surface area contributed by atoms with Crippen LogP contribution in [0.3, 0.4) is 0 Å². The van der Waals surface area contributed by atoms with E-state index < -0.39 is 10.0 Å². The lowest BCUT2D eigenvalue weighted by Gasteiger charge is -2.15. The molecule has 0 saturated heterocycles. The lowest BCUT2D eigenvalue weighted by atomic mass is 10.0. The summed E-state index contributed by atoms with van der Waals surface area (Å²) in [6.07, 6.45) is 1.36. The predicted molar refractivity (Wildman–Crippen MR) is 77.1 cm³/mol. The number of amides is 1. The van der Waals surface area contributed by atoms with Crippen molar-refractivity contribution >= 4 is 21.6 Å². The second-order valence-electron chi connectivity index (χ2n) is 4.41. The molecule has 0 heterocycles. The van der Waals surface area contributed by atoms with Gasteiger partial charge in [-0.2, -0.15) is 0 Å². The van der Waals surface area contributed by atoms with Crippen LogP contribution in [0.25, 0.3) is 0 Å². The third-order valence-electron chi connectivity index (χ3n) is 3.11. The van der Waals surface area contributed by atoms with Gasteiger partial charge in [0.2, 0.25) is 15.9 Å². The summed E-state index contributed by atoms with van der Waals surface area (Å²) in [5, 5.41) is 7.76. The van der Waals surface area contributed by atoms with Gasteiger partial charge >= 0.3 is 0 Å². The zero-order valence-electron chi connectivity index (χ0n) is 11.8. The van der Waals surface area contributed by atoms with Gasteiger partial charge in [-0.05, 0) is 25.0 Å². The van der Waals surface area contributed by atoms with Crippen LogP contribution in [0.2, 0.25) is 0 Å². The van der Waals surface area contributed by atoms with Crippen LogP contribution in [-0.4, -0.2) is 21.4 Å². The van der Waals surface area contributed by atoms with Crippen molar-refractivity contribution in [2.45, 2.75) is 31.6 Å². The van der Waals surface area contributed by atoms with Crippen LogP contribution in [0.1, 0.15) is 26.7 Å². The molecule has 0 unspecified atom stereocenters. The first-order chi connectivity index (χ1) is 9.33. The predicted octanol–water partition coefficient (Wildman–Crippen LogP) is 1.72. The Morgan fingerprint density at radius 1 is 1.35 bits per heavy atom. The molecule has 7 heteroatoms. The molecule has 0 aliphatic carbocycles. The molecule has 3 N–H and O–H groups in total. The minimum absolute atomic E-state index is 0.127. The van der Waals surface area contributed by atoms with Crippen LogP contribution in [-0.2, 0) is 14.8 Å². The maximum atomic E-state index is 12.1. The molecule has 0 atom stereocenters. The van der Waals surface area contributed by atoms with Crippen molar-refractivity contribution in [2.24, 2.45) is 11.1 Å². The van der Waals surface area contributed by atoms with E-state index in [9.17, 15) is 13.2 Å². The Morgan fingerprint density at radius 3 is 2.40 bits per heavy atom. The Bertz CT molecular complexity index is 580. The number of primary sulfonamides is 1. The van der Waals surface area contributed by atoms with Gasteiger partial charge in [-0.3, -0.25) is 4.79 Å². The number of hydrogen-bond donors (Lipinski definition) is 2. The monoisotopic (exact) mass is 300 g/mol. The summed E-state index contributed by atoms with van der Waals surface area (Å²) in [7, 11) is -2.46.